The molecule has 14 heavy (non-hydrogen) atoms. The molecule has 0 atom stereocenters. The molecule has 0 saturated heterocycles. The third-order valence-electron chi connectivity index (χ3n) is 1.66. The maximum Gasteiger partial charge on any atom is 0.214 e. The van der Waals surface area contributed by atoms with Crippen LogP contribution in [0.1, 0.15) is 5.56 Å². The van der Waals surface area contributed by atoms with Gasteiger partial charge in [0.2, 0.25) is 5.88 Å². The van der Waals surface area contributed by atoms with E-state index in [4.69, 9.17) is 16.3 Å². The van der Waals surface area contributed by atoms with Crippen LogP contribution in [-0.4, -0.2) is 4.98 Å². The zero-order valence-electron chi connectivity index (χ0n) is 7.31. The van der Waals surface area contributed by atoms with Crippen molar-refractivity contribution >= 4 is 22.9 Å². The molecule has 0 unspecified atom stereocenters. The van der Waals surface area contributed by atoms with E-state index >= 15 is 0 Å². The molecule has 0 aromatic carbocycles. The van der Waals surface area contributed by atoms with E-state index in [2.05, 4.69) is 4.98 Å². The predicted octanol–water partition coefficient (Wildman–Crippen LogP) is 3.38. The first-order chi connectivity index (χ1) is 6.84. The number of halogens is 1. The van der Waals surface area contributed by atoms with Crippen LogP contribution >= 0.6 is 22.9 Å². The minimum Gasteiger partial charge on any atom is -0.473 e. The zero-order valence-corrected chi connectivity index (χ0v) is 8.89. The Morgan fingerprint density at radius 2 is 2.29 bits per heavy atom. The van der Waals surface area contributed by atoms with Crippen LogP contribution in [0.5, 0.6) is 5.88 Å². The van der Waals surface area contributed by atoms with Gasteiger partial charge in [0.1, 0.15) is 11.8 Å². The Morgan fingerprint density at radius 1 is 1.36 bits per heavy atom. The lowest BCUT2D eigenvalue weighted by Gasteiger charge is -2.02. The molecule has 0 spiro atoms. The van der Waals surface area contributed by atoms with Gasteiger partial charge in [-0.1, -0.05) is 17.7 Å². The Labute approximate surface area is 91.1 Å². The molecule has 2 aromatic rings. The van der Waals surface area contributed by atoms with Crippen molar-refractivity contribution in [1.29, 1.82) is 0 Å². The van der Waals surface area contributed by atoms with Crippen molar-refractivity contribution in [1.82, 2.24) is 4.98 Å². The monoisotopic (exact) mass is 225 g/mol. The average molecular weight is 226 g/mol. The van der Waals surface area contributed by atoms with Crippen molar-refractivity contribution in [3.05, 3.63) is 45.7 Å². The van der Waals surface area contributed by atoms with Gasteiger partial charge >= 0.3 is 0 Å². The largest absolute Gasteiger partial charge is 0.473 e. The normalized spacial score (nSPS) is 10.1. The molecule has 0 saturated carbocycles. The van der Waals surface area contributed by atoms with Crippen molar-refractivity contribution in [2.75, 3.05) is 0 Å². The van der Waals surface area contributed by atoms with E-state index in [0.29, 0.717) is 17.6 Å². The molecule has 0 fully saturated rings. The van der Waals surface area contributed by atoms with Gasteiger partial charge in [-0.25, -0.2) is 4.98 Å². The van der Waals surface area contributed by atoms with Crippen LogP contribution in [0.25, 0.3) is 0 Å². The molecule has 2 aromatic heterocycles. The SMILES string of the molecule is Clc1cccc(OCc2ccsc2)n1. The summed E-state index contributed by atoms with van der Waals surface area (Å²) >= 11 is 7.37. The first-order valence-corrected chi connectivity index (χ1v) is 5.43. The smallest absolute Gasteiger partial charge is 0.214 e. The van der Waals surface area contributed by atoms with Crippen LogP contribution < -0.4 is 4.74 Å². The summed E-state index contributed by atoms with van der Waals surface area (Å²) in [5.41, 5.74) is 1.15. The summed E-state index contributed by atoms with van der Waals surface area (Å²) in [6.07, 6.45) is 0. The van der Waals surface area contributed by atoms with E-state index in [1.54, 1.807) is 23.5 Å². The highest BCUT2D eigenvalue weighted by molar-refractivity contribution is 7.07. The van der Waals surface area contributed by atoms with Gasteiger partial charge in [0.05, 0.1) is 0 Å². The molecule has 0 radical (unpaired) electrons. The lowest BCUT2D eigenvalue weighted by atomic mass is 10.4. The molecule has 0 bridgehead atoms. The molecule has 0 N–H and O–H groups in total. The van der Waals surface area contributed by atoms with Crippen LogP contribution in [0, 0.1) is 0 Å². The van der Waals surface area contributed by atoms with Crippen LogP contribution in [0.15, 0.2) is 35.0 Å². The second-order valence-electron chi connectivity index (χ2n) is 2.72. The summed E-state index contributed by atoms with van der Waals surface area (Å²) < 4.78 is 5.44. The summed E-state index contributed by atoms with van der Waals surface area (Å²) in [5.74, 6) is 0.559. The van der Waals surface area contributed by atoms with E-state index in [-0.39, 0.29) is 0 Å². The summed E-state index contributed by atoms with van der Waals surface area (Å²) in [4.78, 5) is 4.02. The second-order valence-corrected chi connectivity index (χ2v) is 3.89. The van der Waals surface area contributed by atoms with Gasteiger partial charge in [0.25, 0.3) is 0 Å². The predicted molar refractivity (Wildman–Crippen MR) is 57.9 cm³/mol. The fourth-order valence-electron chi connectivity index (χ4n) is 1.00. The molecule has 2 nitrogen and oxygen atoms in total. The van der Waals surface area contributed by atoms with E-state index < -0.39 is 0 Å². The summed E-state index contributed by atoms with van der Waals surface area (Å²) in [5, 5.41) is 4.52. The first-order valence-electron chi connectivity index (χ1n) is 4.11. The van der Waals surface area contributed by atoms with Crippen molar-refractivity contribution in [2.24, 2.45) is 0 Å². The number of hydrogen-bond donors (Lipinski definition) is 0. The number of ether oxygens (including phenoxy) is 1. The fourth-order valence-corrected chi connectivity index (χ4v) is 1.81. The Kier molecular flexibility index (Phi) is 3.01. The first kappa shape index (κ1) is 9.49. The van der Waals surface area contributed by atoms with Gasteiger partial charge in [0.15, 0.2) is 0 Å². The molecular formula is C10H8ClNOS. The maximum absolute atomic E-state index is 5.72. The van der Waals surface area contributed by atoms with Crippen molar-refractivity contribution in [2.45, 2.75) is 6.61 Å². The maximum atomic E-state index is 5.72. The van der Waals surface area contributed by atoms with Gasteiger partial charge in [0, 0.05) is 11.6 Å². The Bertz CT molecular complexity index is 402. The summed E-state index contributed by atoms with van der Waals surface area (Å²) in [7, 11) is 0. The van der Waals surface area contributed by atoms with Crippen LogP contribution in [0.4, 0.5) is 0 Å². The van der Waals surface area contributed by atoms with Gasteiger partial charge in [-0.15, -0.1) is 0 Å². The van der Waals surface area contributed by atoms with Crippen LogP contribution in [-0.2, 0) is 6.61 Å². The molecule has 0 aliphatic heterocycles. The van der Waals surface area contributed by atoms with Gasteiger partial charge in [-0.3, -0.25) is 0 Å². The quantitative estimate of drug-likeness (QED) is 0.748. The topological polar surface area (TPSA) is 22.1 Å². The molecule has 72 valence electrons. The van der Waals surface area contributed by atoms with E-state index in [0.717, 1.165) is 5.56 Å². The van der Waals surface area contributed by atoms with Crippen molar-refractivity contribution in [3.8, 4) is 5.88 Å². The van der Waals surface area contributed by atoms with Gasteiger partial charge < -0.3 is 4.74 Å². The highest BCUT2D eigenvalue weighted by Crippen LogP contribution is 2.14. The second kappa shape index (κ2) is 4.44. The zero-order chi connectivity index (χ0) is 9.80. The number of aromatic nitrogens is 1. The minimum absolute atomic E-state index is 0.452. The van der Waals surface area contributed by atoms with Crippen LogP contribution in [0.3, 0.4) is 0 Å². The molecule has 4 heteroatoms. The highest BCUT2D eigenvalue weighted by atomic mass is 35.5. The molecule has 2 heterocycles. The standard InChI is InChI=1S/C10H8ClNOS/c11-9-2-1-3-10(12-9)13-6-8-4-5-14-7-8/h1-5,7H,6H2. The third kappa shape index (κ3) is 2.47. The number of thiophene rings is 1. The molecule has 0 amide bonds. The third-order valence-corrected chi connectivity index (χ3v) is 2.60. The number of hydrogen-bond acceptors (Lipinski definition) is 3. The lowest BCUT2D eigenvalue weighted by Crippen LogP contribution is -1.95. The number of nitrogens with zero attached hydrogens (tertiary/aromatic N) is 1. The number of rotatable bonds is 3. The molecule has 2 rings (SSSR count). The summed E-state index contributed by atoms with van der Waals surface area (Å²) in [6.45, 7) is 0.539. The van der Waals surface area contributed by atoms with Crippen LogP contribution in [0.2, 0.25) is 5.15 Å². The minimum atomic E-state index is 0.452. The summed E-state index contributed by atoms with van der Waals surface area (Å²) in [6, 6.07) is 7.35. The highest BCUT2D eigenvalue weighted by Gasteiger charge is 1.97. The van der Waals surface area contributed by atoms with Gasteiger partial charge in [-0.05, 0) is 22.9 Å². The lowest BCUT2D eigenvalue weighted by molar-refractivity contribution is 0.294. The molecular weight excluding hydrogens is 218 g/mol. The van der Waals surface area contributed by atoms with E-state index in [1.165, 1.54) is 0 Å². The Balaban J connectivity index is 1.98. The molecule has 0 aliphatic rings. The fraction of sp³-hybridized carbons (Fsp3) is 0.100. The van der Waals surface area contributed by atoms with Crippen molar-refractivity contribution in [3.63, 3.8) is 0 Å². The molecule has 0 aliphatic carbocycles. The Hall–Kier alpha value is -1.06. The van der Waals surface area contributed by atoms with E-state index in [9.17, 15) is 0 Å². The van der Waals surface area contributed by atoms with Crippen molar-refractivity contribution < 1.29 is 4.74 Å². The average Bonchev–Trinajstić information content (AvgIpc) is 2.67. The van der Waals surface area contributed by atoms with E-state index in [1.807, 2.05) is 22.9 Å². The van der Waals surface area contributed by atoms with Gasteiger partial charge in [-0.2, -0.15) is 11.3 Å². The number of pyridine rings is 1. The Morgan fingerprint density at radius 3 is 3.00 bits per heavy atom.